The largest absolute Gasteiger partial charge is 0.484 e. The van der Waals surface area contributed by atoms with Gasteiger partial charge in [-0.1, -0.05) is 6.92 Å². The van der Waals surface area contributed by atoms with E-state index in [0.717, 1.165) is 38.4 Å². The van der Waals surface area contributed by atoms with E-state index in [1.807, 2.05) is 6.07 Å². The van der Waals surface area contributed by atoms with Crippen molar-refractivity contribution < 1.29 is 29.0 Å². The molecule has 3 rings (SSSR count). The lowest BCUT2D eigenvalue weighted by Crippen LogP contribution is -2.46. The molecule has 1 aliphatic rings. The highest BCUT2D eigenvalue weighted by Gasteiger charge is 2.21. The molecule has 1 saturated heterocycles. The minimum atomic E-state index is -1.07. The highest BCUT2D eigenvalue weighted by molar-refractivity contribution is 5.98. The Morgan fingerprint density at radius 2 is 1.76 bits per heavy atom. The number of esters is 1. The second-order valence-corrected chi connectivity index (χ2v) is 7.82. The zero-order valence-corrected chi connectivity index (χ0v) is 19.1. The molecule has 2 aromatic carbocycles. The van der Waals surface area contributed by atoms with Gasteiger partial charge in [-0.2, -0.15) is 0 Å². The molecule has 1 heterocycles. The van der Waals surface area contributed by atoms with Crippen LogP contribution in [0.2, 0.25) is 0 Å². The summed E-state index contributed by atoms with van der Waals surface area (Å²) in [5.41, 5.74) is 2.44. The number of ether oxygens (including phenoxy) is 2. The van der Waals surface area contributed by atoms with E-state index in [9.17, 15) is 19.5 Å². The fraction of sp³-hybridized carbons (Fsp3) is 0.375. The zero-order chi connectivity index (χ0) is 24.0. The predicted molar refractivity (Wildman–Crippen MR) is 124 cm³/mol. The number of piperazine rings is 1. The van der Waals surface area contributed by atoms with Gasteiger partial charge < -0.3 is 29.7 Å². The molecule has 0 spiro atoms. The Morgan fingerprint density at radius 1 is 1.03 bits per heavy atom. The number of carboxylic acid groups (broad SMARTS) is 1. The molecule has 176 valence electrons. The molecule has 0 atom stereocenters. The molecule has 9 nitrogen and oxygen atoms in total. The molecule has 1 aliphatic heterocycles. The number of aromatic carboxylic acids is 1. The number of aryl methyl sites for hydroxylation is 1. The summed E-state index contributed by atoms with van der Waals surface area (Å²) in [4.78, 5) is 40.5. The lowest BCUT2D eigenvalue weighted by Gasteiger charge is -2.36. The third-order valence-electron chi connectivity index (χ3n) is 5.52. The van der Waals surface area contributed by atoms with E-state index in [1.165, 1.54) is 19.2 Å². The van der Waals surface area contributed by atoms with E-state index in [-0.39, 0.29) is 12.2 Å². The molecule has 33 heavy (non-hydrogen) atoms. The van der Waals surface area contributed by atoms with Gasteiger partial charge in [-0.15, -0.1) is 0 Å². The first-order valence-corrected chi connectivity index (χ1v) is 10.8. The number of anilines is 2. The lowest BCUT2D eigenvalue weighted by molar-refractivity contribution is -0.118. The molecule has 0 aliphatic carbocycles. The van der Waals surface area contributed by atoms with Crippen LogP contribution < -0.4 is 15.0 Å². The molecule has 1 amide bonds. The SMILES string of the molecule is CCN1CCN(c2ccc(C(=O)OC)cc2NC(=O)COc2cc(C)cc(C(=O)O)c2)CC1. The number of nitrogens with one attached hydrogen (secondary N) is 1. The van der Waals surface area contributed by atoms with E-state index in [1.54, 1.807) is 25.1 Å². The number of hydrogen-bond donors (Lipinski definition) is 2. The molecule has 2 N–H and O–H groups in total. The van der Waals surface area contributed by atoms with Crippen molar-refractivity contribution in [2.24, 2.45) is 0 Å². The van der Waals surface area contributed by atoms with Crippen LogP contribution in [-0.2, 0) is 9.53 Å². The van der Waals surface area contributed by atoms with Crippen LogP contribution in [0.15, 0.2) is 36.4 Å². The maximum atomic E-state index is 12.7. The normalized spacial score (nSPS) is 14.0. The summed E-state index contributed by atoms with van der Waals surface area (Å²) in [6, 6.07) is 9.65. The van der Waals surface area contributed by atoms with Crippen molar-refractivity contribution in [2.75, 3.05) is 56.7 Å². The molecular weight excluding hydrogens is 426 g/mol. The van der Waals surface area contributed by atoms with Crippen molar-refractivity contribution in [3.05, 3.63) is 53.1 Å². The average molecular weight is 456 g/mol. The third kappa shape index (κ3) is 6.23. The summed E-state index contributed by atoms with van der Waals surface area (Å²) < 4.78 is 10.3. The topological polar surface area (TPSA) is 108 Å². The molecule has 0 bridgehead atoms. The van der Waals surface area contributed by atoms with E-state index < -0.39 is 17.8 Å². The molecule has 1 fully saturated rings. The van der Waals surface area contributed by atoms with Gasteiger partial charge in [0.1, 0.15) is 5.75 Å². The molecular formula is C24H29N3O6. The Kier molecular flexibility index (Phi) is 7.89. The highest BCUT2D eigenvalue weighted by Crippen LogP contribution is 2.29. The van der Waals surface area contributed by atoms with Crippen molar-refractivity contribution in [1.29, 1.82) is 0 Å². The molecule has 0 aromatic heterocycles. The number of benzene rings is 2. The van der Waals surface area contributed by atoms with Gasteiger partial charge in [0.2, 0.25) is 0 Å². The number of hydrogen-bond acceptors (Lipinski definition) is 7. The maximum absolute atomic E-state index is 12.7. The van der Waals surface area contributed by atoms with Gasteiger partial charge in [-0.25, -0.2) is 9.59 Å². The van der Waals surface area contributed by atoms with E-state index in [0.29, 0.717) is 22.6 Å². The van der Waals surface area contributed by atoms with Crippen molar-refractivity contribution in [2.45, 2.75) is 13.8 Å². The number of carbonyl (C=O) groups is 3. The van der Waals surface area contributed by atoms with Crippen LogP contribution in [0.25, 0.3) is 0 Å². The van der Waals surface area contributed by atoms with Gasteiger partial charge in [0, 0.05) is 26.2 Å². The Balaban J connectivity index is 1.75. The van der Waals surface area contributed by atoms with Gasteiger partial charge in [0.25, 0.3) is 5.91 Å². The summed E-state index contributed by atoms with van der Waals surface area (Å²) >= 11 is 0. The van der Waals surface area contributed by atoms with E-state index in [4.69, 9.17) is 9.47 Å². The minimum absolute atomic E-state index is 0.0877. The Labute approximate surface area is 192 Å². The standard InChI is InChI=1S/C24H29N3O6/c1-4-26-7-9-27(10-8-26)21-6-5-17(24(31)32-3)14-20(21)25-22(28)15-33-19-12-16(2)11-18(13-19)23(29)30/h5-6,11-14H,4,7-10,15H2,1-3H3,(H,25,28)(H,29,30). The van der Waals surface area contributed by atoms with Crippen molar-refractivity contribution in [3.8, 4) is 5.75 Å². The molecule has 9 heteroatoms. The molecule has 0 unspecified atom stereocenters. The van der Waals surface area contributed by atoms with Crippen molar-refractivity contribution in [1.82, 2.24) is 4.90 Å². The van der Waals surface area contributed by atoms with E-state index in [2.05, 4.69) is 22.0 Å². The van der Waals surface area contributed by atoms with Crippen LogP contribution in [0, 0.1) is 6.92 Å². The summed E-state index contributed by atoms with van der Waals surface area (Å²) in [5.74, 6) is -1.70. The maximum Gasteiger partial charge on any atom is 0.337 e. The fourth-order valence-corrected chi connectivity index (χ4v) is 3.75. The monoisotopic (exact) mass is 455 g/mol. The molecule has 0 saturated carbocycles. The zero-order valence-electron chi connectivity index (χ0n) is 19.1. The summed E-state index contributed by atoms with van der Waals surface area (Å²) in [6.07, 6.45) is 0. The number of methoxy groups -OCH3 is 1. The fourth-order valence-electron chi connectivity index (χ4n) is 3.75. The number of amides is 1. The summed E-state index contributed by atoms with van der Waals surface area (Å²) in [6.45, 7) is 7.96. The number of nitrogens with zero attached hydrogens (tertiary/aromatic N) is 2. The van der Waals surface area contributed by atoms with Crippen LogP contribution in [0.1, 0.15) is 33.2 Å². The first-order valence-electron chi connectivity index (χ1n) is 10.8. The van der Waals surface area contributed by atoms with Gasteiger partial charge in [-0.05, 0) is 55.4 Å². The number of likely N-dealkylation sites (N-methyl/N-ethyl adjacent to an activating group) is 1. The van der Waals surface area contributed by atoms with Crippen LogP contribution in [0.4, 0.5) is 11.4 Å². The Morgan fingerprint density at radius 3 is 2.39 bits per heavy atom. The third-order valence-corrected chi connectivity index (χ3v) is 5.52. The summed E-state index contributed by atoms with van der Waals surface area (Å²) in [7, 11) is 1.31. The van der Waals surface area contributed by atoms with Gasteiger partial charge in [0.05, 0.1) is 29.6 Å². The first-order chi connectivity index (χ1) is 15.8. The van der Waals surface area contributed by atoms with Crippen LogP contribution in [0.3, 0.4) is 0 Å². The second-order valence-electron chi connectivity index (χ2n) is 7.82. The number of rotatable bonds is 8. The number of carbonyl (C=O) groups excluding carboxylic acids is 2. The Bertz CT molecular complexity index is 1030. The van der Waals surface area contributed by atoms with Gasteiger partial charge in [0.15, 0.2) is 6.61 Å². The van der Waals surface area contributed by atoms with Crippen molar-refractivity contribution in [3.63, 3.8) is 0 Å². The van der Waals surface area contributed by atoms with Crippen LogP contribution >= 0.6 is 0 Å². The molecule has 2 aromatic rings. The smallest absolute Gasteiger partial charge is 0.337 e. The quantitative estimate of drug-likeness (QED) is 0.585. The van der Waals surface area contributed by atoms with Gasteiger partial charge in [-0.3, -0.25) is 4.79 Å². The first kappa shape index (κ1) is 24.1. The number of carboxylic acids is 1. The Hall–Kier alpha value is -3.59. The average Bonchev–Trinajstić information content (AvgIpc) is 2.82. The van der Waals surface area contributed by atoms with E-state index >= 15 is 0 Å². The second kappa shape index (κ2) is 10.8. The van der Waals surface area contributed by atoms with Gasteiger partial charge >= 0.3 is 11.9 Å². The van der Waals surface area contributed by atoms with Crippen LogP contribution in [0.5, 0.6) is 5.75 Å². The van der Waals surface area contributed by atoms with Crippen molar-refractivity contribution >= 4 is 29.2 Å². The lowest BCUT2D eigenvalue weighted by atomic mass is 10.1. The van der Waals surface area contributed by atoms with Crippen LogP contribution in [-0.4, -0.2) is 74.3 Å². The molecule has 0 radical (unpaired) electrons. The summed E-state index contributed by atoms with van der Waals surface area (Å²) in [5, 5.41) is 12.0. The highest BCUT2D eigenvalue weighted by atomic mass is 16.5. The minimum Gasteiger partial charge on any atom is -0.484 e. The predicted octanol–water partition coefficient (Wildman–Crippen LogP) is 2.64.